The molecule has 0 heterocycles. The van der Waals surface area contributed by atoms with Gasteiger partial charge in [-0.05, 0) is 44.9 Å². The second-order valence-corrected chi connectivity index (χ2v) is 32.6. The molecule has 0 aromatic rings. The lowest BCUT2D eigenvalue weighted by Crippen LogP contribution is -2.29. The van der Waals surface area contributed by atoms with Crippen molar-refractivity contribution < 1.29 is 37.6 Å². The van der Waals surface area contributed by atoms with Gasteiger partial charge in [0.2, 0.25) is 0 Å². The molecular formula is C90H176NO8P. The molecule has 2 atom stereocenters. The molecule has 10 heteroatoms. The molecule has 9 nitrogen and oxygen atoms in total. The average molecular weight is 1430 g/mol. The van der Waals surface area contributed by atoms with E-state index in [1.54, 1.807) is 0 Å². The minimum Gasteiger partial charge on any atom is -0.462 e. The Morgan fingerprint density at radius 1 is 0.300 bits per heavy atom. The molecule has 0 spiro atoms. The van der Waals surface area contributed by atoms with Crippen molar-refractivity contribution in [1.29, 1.82) is 0 Å². The highest BCUT2D eigenvalue weighted by atomic mass is 31.2. The maximum absolute atomic E-state index is 12.8. The SMILES string of the molecule is CCCCCCC/C=C\C/C=C\CCCCCCCCCCCCCCCCCCCCCCCCCCCCCCCC(=O)OC(COC(=O)CCCCCCCCCCCCCCCCCCCCCCCCCCCCCCCCCCCCCCCC)COP(=O)(O)OCCN. The van der Waals surface area contributed by atoms with Crippen molar-refractivity contribution in [3.8, 4) is 0 Å². The van der Waals surface area contributed by atoms with E-state index < -0.39 is 26.5 Å². The fraction of sp³-hybridized carbons (Fsp3) is 0.933. The molecule has 100 heavy (non-hydrogen) atoms. The van der Waals surface area contributed by atoms with Gasteiger partial charge in [-0.3, -0.25) is 18.6 Å². The van der Waals surface area contributed by atoms with Crippen molar-refractivity contribution in [3.63, 3.8) is 0 Å². The van der Waals surface area contributed by atoms with Gasteiger partial charge in [-0.25, -0.2) is 4.57 Å². The molecule has 0 amide bonds. The number of esters is 2. The molecule has 0 aliphatic carbocycles. The summed E-state index contributed by atoms with van der Waals surface area (Å²) in [5.41, 5.74) is 5.43. The molecule has 0 bridgehead atoms. The molecule has 0 rings (SSSR count). The minimum atomic E-state index is -4.39. The highest BCUT2D eigenvalue weighted by Crippen LogP contribution is 2.43. The molecule has 0 aliphatic heterocycles. The summed E-state index contributed by atoms with van der Waals surface area (Å²) in [4.78, 5) is 35.5. The number of phosphoric ester groups is 1. The number of rotatable bonds is 88. The summed E-state index contributed by atoms with van der Waals surface area (Å²) in [6, 6.07) is 0. The fourth-order valence-corrected chi connectivity index (χ4v) is 15.2. The van der Waals surface area contributed by atoms with E-state index in [0.717, 1.165) is 38.5 Å². The second kappa shape index (κ2) is 86.4. The topological polar surface area (TPSA) is 134 Å². The maximum Gasteiger partial charge on any atom is 0.472 e. The van der Waals surface area contributed by atoms with E-state index in [4.69, 9.17) is 24.3 Å². The molecule has 0 saturated heterocycles. The molecule has 2 unspecified atom stereocenters. The quantitative estimate of drug-likeness (QED) is 0.0264. The van der Waals surface area contributed by atoms with Gasteiger partial charge in [0.05, 0.1) is 13.2 Å². The molecule has 0 saturated carbocycles. The van der Waals surface area contributed by atoms with Crippen LogP contribution in [0.25, 0.3) is 0 Å². The number of unbranched alkanes of at least 4 members (excludes halogenated alkanes) is 71. The van der Waals surface area contributed by atoms with Crippen LogP contribution in [0, 0.1) is 0 Å². The summed E-state index contributed by atoms with van der Waals surface area (Å²) in [5.74, 6) is -0.794. The van der Waals surface area contributed by atoms with E-state index >= 15 is 0 Å². The minimum absolute atomic E-state index is 0.0580. The smallest absolute Gasteiger partial charge is 0.462 e. The summed E-state index contributed by atoms with van der Waals surface area (Å²) < 4.78 is 33.4. The van der Waals surface area contributed by atoms with Crippen molar-refractivity contribution in [2.75, 3.05) is 26.4 Å². The first-order chi connectivity index (χ1) is 49.3. The Kier molecular flexibility index (Phi) is 85.1. The number of carbonyl (C=O) groups excluding carboxylic acids is 2. The summed E-state index contributed by atoms with van der Waals surface area (Å²) >= 11 is 0. The van der Waals surface area contributed by atoms with Gasteiger partial charge in [-0.2, -0.15) is 0 Å². The predicted molar refractivity (Wildman–Crippen MR) is 437 cm³/mol. The maximum atomic E-state index is 12.8. The Hall–Kier alpha value is -1.51. The first-order valence-electron chi connectivity index (χ1n) is 45.3. The number of allylic oxidation sites excluding steroid dienone is 4. The Bertz CT molecular complexity index is 1690. The zero-order chi connectivity index (χ0) is 72.2. The van der Waals surface area contributed by atoms with Crippen LogP contribution < -0.4 is 5.73 Å². The summed E-state index contributed by atoms with van der Waals surface area (Å²) in [6.07, 6.45) is 111. The molecule has 0 aromatic carbocycles. The zero-order valence-corrected chi connectivity index (χ0v) is 68.4. The molecule has 0 aliphatic rings. The fourth-order valence-electron chi connectivity index (χ4n) is 14.4. The third-order valence-corrected chi connectivity index (χ3v) is 22.1. The largest absolute Gasteiger partial charge is 0.472 e. The van der Waals surface area contributed by atoms with Crippen LogP contribution in [-0.2, 0) is 32.7 Å². The average Bonchev–Trinajstić information content (AvgIpc) is 0.983. The molecule has 3 N–H and O–H groups in total. The predicted octanol–water partition coefficient (Wildman–Crippen LogP) is 30.7. The number of hydrogen-bond donors (Lipinski definition) is 2. The van der Waals surface area contributed by atoms with E-state index in [-0.39, 0.29) is 38.6 Å². The first kappa shape index (κ1) is 98.5. The van der Waals surface area contributed by atoms with E-state index in [1.807, 2.05) is 0 Å². The molecule has 0 aromatic heterocycles. The highest BCUT2D eigenvalue weighted by Gasteiger charge is 2.26. The normalized spacial score (nSPS) is 12.8. The van der Waals surface area contributed by atoms with Crippen LogP contribution in [0.3, 0.4) is 0 Å². The standard InChI is InChI=1S/C90H176NO8P/c1-3-5-7-9-11-13-15-17-19-21-23-25-27-29-31-33-35-37-39-41-43-44-45-47-49-51-53-55-57-59-61-63-65-67-69-71-73-75-77-79-81-83-90(93)99-88(87-98-100(94,95)97-85-84-91)86-96-89(92)82-80-78-76-74-72-70-68-66-64-62-60-58-56-54-52-50-48-46-42-40-38-36-34-32-30-28-26-24-22-20-18-16-14-12-10-8-6-4-2/h15,17,21,23,88H,3-14,16,18-20,22,24-87,91H2,1-2H3,(H,94,95)/b17-15-,23-21-. The number of hydrogen-bond acceptors (Lipinski definition) is 8. The molecule has 0 radical (unpaired) electrons. The van der Waals surface area contributed by atoms with E-state index in [0.29, 0.717) is 6.42 Å². The van der Waals surface area contributed by atoms with Gasteiger partial charge in [0.15, 0.2) is 6.10 Å². The van der Waals surface area contributed by atoms with Crippen molar-refractivity contribution in [2.45, 2.75) is 514 Å². The number of carbonyl (C=O) groups is 2. The molecule has 0 fully saturated rings. The Balaban J connectivity index is 3.67. The van der Waals surface area contributed by atoms with Crippen molar-refractivity contribution in [1.82, 2.24) is 0 Å². The van der Waals surface area contributed by atoms with Crippen LogP contribution in [0.1, 0.15) is 508 Å². The Morgan fingerprint density at radius 3 is 0.760 bits per heavy atom. The van der Waals surface area contributed by atoms with Gasteiger partial charge in [0, 0.05) is 19.4 Å². The van der Waals surface area contributed by atoms with Gasteiger partial charge < -0.3 is 20.1 Å². The van der Waals surface area contributed by atoms with Gasteiger partial charge in [-0.15, -0.1) is 0 Å². The second-order valence-electron chi connectivity index (χ2n) is 31.2. The van der Waals surface area contributed by atoms with Crippen LogP contribution in [0.5, 0.6) is 0 Å². The van der Waals surface area contributed by atoms with Crippen molar-refractivity contribution in [3.05, 3.63) is 24.3 Å². The lowest BCUT2D eigenvalue weighted by atomic mass is 10.0. The molecule has 594 valence electrons. The van der Waals surface area contributed by atoms with E-state index in [2.05, 4.69) is 38.2 Å². The third kappa shape index (κ3) is 85.4. The summed E-state index contributed by atoms with van der Waals surface area (Å²) in [6.45, 7) is 3.84. The van der Waals surface area contributed by atoms with Gasteiger partial charge >= 0.3 is 19.8 Å². The molecular weight excluding hydrogens is 1250 g/mol. The van der Waals surface area contributed by atoms with E-state index in [9.17, 15) is 19.0 Å². The highest BCUT2D eigenvalue weighted by molar-refractivity contribution is 7.47. The number of nitrogens with two attached hydrogens (primary N) is 1. The van der Waals surface area contributed by atoms with Crippen molar-refractivity contribution in [2.24, 2.45) is 5.73 Å². The van der Waals surface area contributed by atoms with Crippen LogP contribution in [-0.4, -0.2) is 49.3 Å². The Morgan fingerprint density at radius 2 is 0.520 bits per heavy atom. The zero-order valence-electron chi connectivity index (χ0n) is 67.5. The third-order valence-electron chi connectivity index (χ3n) is 21.1. The summed E-state index contributed by atoms with van der Waals surface area (Å²) in [5, 5.41) is 0. The number of phosphoric acid groups is 1. The lowest BCUT2D eigenvalue weighted by Gasteiger charge is -2.19. The van der Waals surface area contributed by atoms with E-state index in [1.165, 1.54) is 437 Å². The Labute approximate surface area is 624 Å². The van der Waals surface area contributed by atoms with Crippen LogP contribution in [0.2, 0.25) is 0 Å². The lowest BCUT2D eigenvalue weighted by molar-refractivity contribution is -0.161. The van der Waals surface area contributed by atoms with Gasteiger partial charge in [-0.1, -0.05) is 475 Å². The number of ether oxygens (including phenoxy) is 2. The van der Waals surface area contributed by atoms with Crippen LogP contribution in [0.4, 0.5) is 0 Å². The summed E-state index contributed by atoms with van der Waals surface area (Å²) in [7, 11) is -4.39. The van der Waals surface area contributed by atoms with Gasteiger partial charge in [0.1, 0.15) is 6.61 Å². The van der Waals surface area contributed by atoms with Crippen LogP contribution >= 0.6 is 7.82 Å². The van der Waals surface area contributed by atoms with Crippen molar-refractivity contribution >= 4 is 19.8 Å². The first-order valence-corrected chi connectivity index (χ1v) is 46.8. The monoisotopic (exact) mass is 1430 g/mol. The van der Waals surface area contributed by atoms with Crippen LogP contribution in [0.15, 0.2) is 24.3 Å². The van der Waals surface area contributed by atoms with Gasteiger partial charge in [0.25, 0.3) is 0 Å².